The van der Waals surface area contributed by atoms with Gasteiger partial charge in [0.15, 0.2) is 23.2 Å². The number of piperazine rings is 1. The second-order valence-corrected chi connectivity index (χ2v) is 7.51. The summed E-state index contributed by atoms with van der Waals surface area (Å²) in [4.78, 5) is 21.3. The predicted molar refractivity (Wildman–Crippen MR) is 125 cm³/mol. The second-order valence-electron chi connectivity index (χ2n) is 7.51. The van der Waals surface area contributed by atoms with Crippen molar-refractivity contribution in [3.63, 3.8) is 0 Å². The number of methoxy groups -OCH3 is 1. The SMILES string of the molecule is CCNC(=NCCCc1ccc(OC)c(OCC)c1)N1CCN(C(=O)c2ccco2)CC1. The number of rotatable bonds is 9. The molecule has 174 valence electrons. The highest BCUT2D eigenvalue weighted by atomic mass is 16.5. The molecule has 8 heteroatoms. The van der Waals surface area contributed by atoms with Crippen LogP contribution in [0, 0.1) is 0 Å². The first-order valence-electron chi connectivity index (χ1n) is 11.3. The number of carbonyl (C=O) groups excluding carboxylic acids is 1. The molecule has 1 amide bonds. The number of guanidine groups is 1. The summed E-state index contributed by atoms with van der Waals surface area (Å²) in [5, 5.41) is 3.38. The van der Waals surface area contributed by atoms with Crippen LogP contribution in [0.3, 0.4) is 0 Å². The maximum absolute atomic E-state index is 12.5. The van der Waals surface area contributed by atoms with Crippen LogP contribution in [0.25, 0.3) is 0 Å². The van der Waals surface area contributed by atoms with E-state index in [1.54, 1.807) is 19.2 Å². The van der Waals surface area contributed by atoms with Gasteiger partial charge in [-0.25, -0.2) is 0 Å². The lowest BCUT2D eigenvalue weighted by Gasteiger charge is -2.36. The molecule has 1 aromatic carbocycles. The van der Waals surface area contributed by atoms with Crippen molar-refractivity contribution in [1.29, 1.82) is 0 Å². The Kier molecular flexibility index (Phi) is 8.83. The van der Waals surface area contributed by atoms with Gasteiger partial charge >= 0.3 is 0 Å². The fourth-order valence-electron chi connectivity index (χ4n) is 3.72. The monoisotopic (exact) mass is 442 g/mol. The van der Waals surface area contributed by atoms with E-state index in [9.17, 15) is 4.79 Å². The zero-order valence-electron chi connectivity index (χ0n) is 19.3. The van der Waals surface area contributed by atoms with Gasteiger partial charge in [0.2, 0.25) is 0 Å². The molecule has 2 aromatic rings. The lowest BCUT2D eigenvalue weighted by molar-refractivity contribution is 0.0657. The Hall–Kier alpha value is -3.16. The summed E-state index contributed by atoms with van der Waals surface area (Å²) in [6.07, 6.45) is 3.38. The number of hydrogen-bond donors (Lipinski definition) is 1. The van der Waals surface area contributed by atoms with Gasteiger partial charge in [-0.3, -0.25) is 9.79 Å². The van der Waals surface area contributed by atoms with Gasteiger partial charge in [-0.1, -0.05) is 6.07 Å². The van der Waals surface area contributed by atoms with Crippen LogP contribution in [-0.4, -0.2) is 74.7 Å². The van der Waals surface area contributed by atoms with Crippen molar-refractivity contribution >= 4 is 11.9 Å². The standard InChI is InChI=1S/C24H34N4O4/c1-4-25-24(28-15-13-27(14-16-28)23(29)21-9-7-17-32-21)26-12-6-8-19-10-11-20(30-3)22(18-19)31-5-2/h7,9-11,17-18H,4-6,8,12-16H2,1-3H3,(H,25,26). The van der Waals surface area contributed by atoms with E-state index in [1.165, 1.54) is 11.8 Å². The van der Waals surface area contributed by atoms with Crippen LogP contribution in [0.2, 0.25) is 0 Å². The normalized spacial score (nSPS) is 14.4. The number of hydrogen-bond acceptors (Lipinski definition) is 5. The molecule has 3 rings (SSSR count). The molecule has 0 saturated carbocycles. The van der Waals surface area contributed by atoms with Crippen molar-refractivity contribution in [3.05, 3.63) is 47.9 Å². The summed E-state index contributed by atoms with van der Waals surface area (Å²) in [5.41, 5.74) is 1.21. The Morgan fingerprint density at radius 3 is 2.56 bits per heavy atom. The quantitative estimate of drug-likeness (QED) is 0.365. The smallest absolute Gasteiger partial charge is 0.289 e. The highest BCUT2D eigenvalue weighted by Crippen LogP contribution is 2.28. The molecule has 1 fully saturated rings. The van der Waals surface area contributed by atoms with Crippen LogP contribution < -0.4 is 14.8 Å². The number of benzene rings is 1. The zero-order valence-corrected chi connectivity index (χ0v) is 19.3. The van der Waals surface area contributed by atoms with Gasteiger partial charge in [-0.2, -0.15) is 0 Å². The number of amides is 1. The molecular weight excluding hydrogens is 408 g/mol. The molecule has 8 nitrogen and oxygen atoms in total. The maximum Gasteiger partial charge on any atom is 0.289 e. The van der Waals surface area contributed by atoms with E-state index in [0.29, 0.717) is 25.5 Å². The number of aryl methyl sites for hydroxylation is 1. The van der Waals surface area contributed by atoms with Gasteiger partial charge in [-0.05, 0) is 56.5 Å². The number of aliphatic imine (C=N–C) groups is 1. The molecule has 0 aliphatic carbocycles. The Morgan fingerprint density at radius 2 is 1.91 bits per heavy atom. The lowest BCUT2D eigenvalue weighted by Crippen LogP contribution is -2.53. The van der Waals surface area contributed by atoms with Gasteiger partial charge < -0.3 is 29.0 Å². The van der Waals surface area contributed by atoms with Gasteiger partial charge in [0.1, 0.15) is 0 Å². The second kappa shape index (κ2) is 12.0. The molecule has 32 heavy (non-hydrogen) atoms. The van der Waals surface area contributed by atoms with E-state index in [-0.39, 0.29) is 5.91 Å². The fraction of sp³-hybridized carbons (Fsp3) is 0.500. The summed E-state index contributed by atoms with van der Waals surface area (Å²) in [7, 11) is 1.65. The van der Waals surface area contributed by atoms with E-state index >= 15 is 0 Å². The Balaban J connectivity index is 1.51. The average molecular weight is 443 g/mol. The average Bonchev–Trinajstić information content (AvgIpc) is 3.36. The largest absolute Gasteiger partial charge is 0.493 e. The molecule has 1 aliphatic rings. The molecule has 0 bridgehead atoms. The lowest BCUT2D eigenvalue weighted by atomic mass is 10.1. The molecule has 2 heterocycles. The van der Waals surface area contributed by atoms with Crippen molar-refractivity contribution in [2.75, 3.05) is 53.0 Å². The molecule has 1 N–H and O–H groups in total. The highest BCUT2D eigenvalue weighted by molar-refractivity contribution is 5.91. The summed E-state index contributed by atoms with van der Waals surface area (Å²) < 4.78 is 16.3. The third kappa shape index (κ3) is 6.18. The minimum atomic E-state index is -0.0532. The molecule has 0 radical (unpaired) electrons. The first-order valence-corrected chi connectivity index (χ1v) is 11.3. The number of nitrogens with one attached hydrogen (secondary N) is 1. The highest BCUT2D eigenvalue weighted by Gasteiger charge is 2.25. The predicted octanol–water partition coefficient (Wildman–Crippen LogP) is 3.04. The van der Waals surface area contributed by atoms with E-state index in [4.69, 9.17) is 18.9 Å². The van der Waals surface area contributed by atoms with E-state index in [1.807, 2.05) is 24.0 Å². The number of carbonyl (C=O) groups is 1. The van der Waals surface area contributed by atoms with Crippen LogP contribution in [0.4, 0.5) is 0 Å². The van der Waals surface area contributed by atoms with Crippen LogP contribution in [-0.2, 0) is 6.42 Å². The van der Waals surface area contributed by atoms with Crippen molar-refractivity contribution in [2.45, 2.75) is 26.7 Å². The third-order valence-corrected chi connectivity index (χ3v) is 5.35. The van der Waals surface area contributed by atoms with Crippen LogP contribution in [0.5, 0.6) is 11.5 Å². The summed E-state index contributed by atoms with van der Waals surface area (Å²) in [5.74, 6) is 2.79. The molecule has 0 unspecified atom stereocenters. The van der Waals surface area contributed by atoms with Crippen molar-refractivity contribution < 1.29 is 18.7 Å². The topological polar surface area (TPSA) is 79.5 Å². The molecule has 1 aromatic heterocycles. The van der Waals surface area contributed by atoms with Crippen LogP contribution in [0.15, 0.2) is 46.0 Å². The minimum Gasteiger partial charge on any atom is -0.493 e. The Bertz CT molecular complexity index is 874. The maximum atomic E-state index is 12.5. The first kappa shape index (κ1) is 23.5. The van der Waals surface area contributed by atoms with Crippen molar-refractivity contribution in [1.82, 2.24) is 15.1 Å². The van der Waals surface area contributed by atoms with Gasteiger partial charge in [0.25, 0.3) is 5.91 Å². The fourth-order valence-corrected chi connectivity index (χ4v) is 3.72. The zero-order chi connectivity index (χ0) is 22.8. The number of ether oxygens (including phenoxy) is 2. The summed E-state index contributed by atoms with van der Waals surface area (Å²) >= 11 is 0. The molecule has 0 spiro atoms. The molecule has 1 aliphatic heterocycles. The summed E-state index contributed by atoms with van der Waals surface area (Å²) in [6.45, 7) is 8.96. The van der Waals surface area contributed by atoms with Crippen LogP contribution >= 0.6 is 0 Å². The van der Waals surface area contributed by atoms with Gasteiger partial charge in [0.05, 0.1) is 20.0 Å². The molecule has 1 saturated heterocycles. The minimum absolute atomic E-state index is 0.0532. The Labute approximate surface area is 190 Å². The first-order chi connectivity index (χ1) is 15.7. The Morgan fingerprint density at radius 1 is 1.12 bits per heavy atom. The van der Waals surface area contributed by atoms with Crippen molar-refractivity contribution in [2.24, 2.45) is 4.99 Å². The van der Waals surface area contributed by atoms with E-state index in [0.717, 1.165) is 56.5 Å². The molecule has 0 atom stereocenters. The number of furan rings is 1. The molecular formula is C24H34N4O4. The van der Waals surface area contributed by atoms with E-state index in [2.05, 4.69) is 23.2 Å². The van der Waals surface area contributed by atoms with Crippen molar-refractivity contribution in [3.8, 4) is 11.5 Å². The number of nitrogens with zero attached hydrogens (tertiary/aromatic N) is 3. The third-order valence-electron chi connectivity index (χ3n) is 5.35. The van der Waals surface area contributed by atoms with Gasteiger partial charge in [0, 0.05) is 39.3 Å². The van der Waals surface area contributed by atoms with Gasteiger partial charge in [-0.15, -0.1) is 0 Å². The van der Waals surface area contributed by atoms with E-state index < -0.39 is 0 Å². The summed E-state index contributed by atoms with van der Waals surface area (Å²) in [6, 6.07) is 9.53. The van der Waals surface area contributed by atoms with Crippen LogP contribution in [0.1, 0.15) is 36.4 Å².